The maximum Gasteiger partial charge on any atom is 0.341 e. The summed E-state index contributed by atoms with van der Waals surface area (Å²) in [6.45, 7) is 4.16. The van der Waals surface area contributed by atoms with Crippen LogP contribution in [0.2, 0.25) is 0 Å². The molecule has 1 unspecified atom stereocenters. The van der Waals surface area contributed by atoms with Crippen LogP contribution in [0.1, 0.15) is 60.7 Å². The first-order valence-corrected chi connectivity index (χ1v) is 9.99. The van der Waals surface area contributed by atoms with Gasteiger partial charge in [0.25, 0.3) is 5.56 Å². The quantitative estimate of drug-likeness (QED) is 0.834. The van der Waals surface area contributed by atoms with Crippen LogP contribution in [0.3, 0.4) is 0 Å². The molecule has 2 aliphatic heterocycles. The number of carbonyl (C=O) groups is 1. The largest absolute Gasteiger partial charge is 0.443 e. The van der Waals surface area contributed by atoms with Crippen LogP contribution >= 0.6 is 11.3 Å². The summed E-state index contributed by atoms with van der Waals surface area (Å²) in [6.07, 6.45) is 7.62. The van der Waals surface area contributed by atoms with Crippen molar-refractivity contribution < 1.29 is 9.53 Å². The first-order chi connectivity index (χ1) is 12.5. The van der Waals surface area contributed by atoms with Gasteiger partial charge in [0.05, 0.1) is 5.56 Å². The predicted molar refractivity (Wildman–Crippen MR) is 99.9 cm³/mol. The third-order valence-corrected chi connectivity index (χ3v) is 6.56. The van der Waals surface area contributed by atoms with Crippen LogP contribution in [0.15, 0.2) is 29.3 Å². The number of pyridine rings is 1. The molecule has 7 heteroatoms. The molecule has 26 heavy (non-hydrogen) atoms. The number of hydrogen-bond donors (Lipinski definition) is 1. The molecular formula is C19H23N3O3S. The smallest absolute Gasteiger partial charge is 0.341 e. The average Bonchev–Trinajstić information content (AvgIpc) is 3.13. The topological polar surface area (TPSA) is 73.2 Å². The normalized spacial score (nSPS) is 24.8. The number of nitrogens with zero attached hydrogens (tertiary/aromatic N) is 2. The summed E-state index contributed by atoms with van der Waals surface area (Å²) in [5.74, 6) is 0.338. The summed E-state index contributed by atoms with van der Waals surface area (Å²) in [5.41, 5.74) is 0.162. The van der Waals surface area contributed by atoms with Crippen molar-refractivity contribution in [2.75, 3.05) is 0 Å². The summed E-state index contributed by atoms with van der Waals surface area (Å²) in [4.78, 5) is 30.3. The van der Waals surface area contributed by atoms with Gasteiger partial charge in [-0.3, -0.25) is 14.7 Å². The lowest BCUT2D eigenvalue weighted by atomic mass is 9.80. The zero-order valence-electron chi connectivity index (χ0n) is 15.0. The Morgan fingerprint density at radius 2 is 2.08 bits per heavy atom. The zero-order valence-corrected chi connectivity index (χ0v) is 15.8. The van der Waals surface area contributed by atoms with Gasteiger partial charge in [-0.25, -0.2) is 9.78 Å². The zero-order chi connectivity index (χ0) is 18.3. The highest BCUT2D eigenvalue weighted by Crippen LogP contribution is 2.33. The van der Waals surface area contributed by atoms with Crippen molar-refractivity contribution >= 4 is 17.3 Å². The van der Waals surface area contributed by atoms with Gasteiger partial charge in [0, 0.05) is 35.3 Å². The number of hydrogen-bond acceptors (Lipinski definition) is 6. The average molecular weight is 373 g/mol. The summed E-state index contributed by atoms with van der Waals surface area (Å²) >= 11 is 1.46. The van der Waals surface area contributed by atoms with Crippen molar-refractivity contribution in [1.82, 2.24) is 14.9 Å². The Morgan fingerprint density at radius 3 is 2.69 bits per heavy atom. The molecule has 1 N–H and O–H groups in total. The lowest BCUT2D eigenvalue weighted by Gasteiger charge is -2.42. The first kappa shape index (κ1) is 17.4. The molecule has 2 saturated heterocycles. The van der Waals surface area contributed by atoms with Gasteiger partial charge >= 0.3 is 5.97 Å². The molecule has 1 atom stereocenters. The lowest BCUT2D eigenvalue weighted by molar-refractivity contribution is -0.0376. The van der Waals surface area contributed by atoms with Gasteiger partial charge in [-0.1, -0.05) is 13.8 Å². The summed E-state index contributed by atoms with van der Waals surface area (Å²) in [7, 11) is 0. The Bertz CT molecular complexity index is 865. The van der Waals surface area contributed by atoms with Crippen LogP contribution in [-0.2, 0) is 4.74 Å². The number of fused-ring (bicyclic) bond motifs is 3. The maximum absolute atomic E-state index is 12.6. The van der Waals surface area contributed by atoms with Gasteiger partial charge in [-0.2, -0.15) is 0 Å². The van der Waals surface area contributed by atoms with E-state index in [2.05, 4.69) is 24.1 Å². The van der Waals surface area contributed by atoms with Crippen molar-refractivity contribution in [3.63, 3.8) is 0 Å². The summed E-state index contributed by atoms with van der Waals surface area (Å²) in [5, 5.41) is 3.98. The number of thiazole rings is 1. The molecular weight excluding hydrogens is 350 g/mol. The van der Waals surface area contributed by atoms with Crippen molar-refractivity contribution in [1.29, 1.82) is 0 Å². The minimum Gasteiger partial charge on any atom is -0.443 e. The standard InChI is InChI=1S/C19H23N3O3S/c1-11(2)15-9-20-19(26-15)22-10-13(5-8-16(22)23)18(24)25-17-12-3-6-14(21-17)7-4-12/h5,8-12,14,17,21H,3-4,6-7H2,1-2H3. The monoisotopic (exact) mass is 373 g/mol. The van der Waals surface area contributed by atoms with E-state index in [4.69, 9.17) is 4.74 Å². The Morgan fingerprint density at radius 1 is 1.31 bits per heavy atom. The maximum atomic E-state index is 12.6. The van der Waals surface area contributed by atoms with Gasteiger partial charge in [0.1, 0.15) is 0 Å². The molecule has 3 fully saturated rings. The van der Waals surface area contributed by atoms with Gasteiger partial charge in [-0.05, 0) is 37.7 Å². The van der Waals surface area contributed by atoms with E-state index in [1.165, 1.54) is 34.2 Å². The molecule has 1 saturated carbocycles. The lowest BCUT2D eigenvalue weighted by Crippen LogP contribution is -2.54. The second kappa shape index (κ2) is 6.96. The van der Waals surface area contributed by atoms with E-state index in [0.29, 0.717) is 28.6 Å². The Kier molecular flexibility index (Phi) is 4.67. The van der Waals surface area contributed by atoms with Crippen LogP contribution in [0.5, 0.6) is 0 Å². The fraction of sp³-hybridized carbons (Fsp3) is 0.526. The minimum absolute atomic E-state index is 0.207. The number of nitrogens with one attached hydrogen (secondary N) is 1. The first-order valence-electron chi connectivity index (χ1n) is 9.17. The Hall–Kier alpha value is -1.99. The molecule has 0 aromatic carbocycles. The van der Waals surface area contributed by atoms with Crippen molar-refractivity contribution in [2.45, 2.75) is 57.7 Å². The minimum atomic E-state index is -0.399. The number of carbonyl (C=O) groups excluding carboxylic acids is 1. The molecule has 5 rings (SSSR count). The van der Waals surface area contributed by atoms with Crippen LogP contribution in [-0.4, -0.2) is 27.8 Å². The van der Waals surface area contributed by atoms with Crippen LogP contribution in [0, 0.1) is 5.92 Å². The van der Waals surface area contributed by atoms with Crippen LogP contribution < -0.4 is 10.9 Å². The fourth-order valence-corrected chi connectivity index (χ4v) is 4.58. The number of rotatable bonds is 4. The molecule has 3 aliphatic rings. The second-order valence-electron chi connectivity index (χ2n) is 7.43. The van der Waals surface area contributed by atoms with Gasteiger partial charge < -0.3 is 4.74 Å². The second-order valence-corrected chi connectivity index (χ2v) is 8.47. The van der Waals surface area contributed by atoms with Crippen LogP contribution in [0.4, 0.5) is 0 Å². The summed E-state index contributed by atoms with van der Waals surface area (Å²) in [6, 6.07) is 3.38. The molecule has 2 aromatic heterocycles. The van der Waals surface area contributed by atoms with Crippen LogP contribution in [0.25, 0.3) is 5.13 Å². The molecule has 0 spiro atoms. The highest BCUT2D eigenvalue weighted by molar-refractivity contribution is 7.14. The number of piperidine rings is 2. The molecule has 2 bridgehead atoms. The third kappa shape index (κ3) is 3.33. The molecule has 138 valence electrons. The van der Waals surface area contributed by atoms with E-state index in [9.17, 15) is 9.59 Å². The fourth-order valence-electron chi connectivity index (χ4n) is 3.68. The van der Waals surface area contributed by atoms with Gasteiger partial charge in [0.15, 0.2) is 11.4 Å². The van der Waals surface area contributed by atoms with Crippen molar-refractivity contribution in [3.8, 4) is 5.13 Å². The van der Waals surface area contributed by atoms with E-state index in [1.807, 2.05) is 0 Å². The van der Waals surface area contributed by atoms with Gasteiger partial charge in [0.2, 0.25) is 0 Å². The SMILES string of the molecule is CC(C)c1cnc(-n2cc(C(=O)OC3NC4CCC3CC4)ccc2=O)s1. The molecule has 6 nitrogen and oxygen atoms in total. The Balaban J connectivity index is 1.55. The Labute approximate surface area is 156 Å². The molecule has 2 aromatic rings. The van der Waals surface area contributed by atoms with Crippen molar-refractivity contribution in [2.24, 2.45) is 5.92 Å². The molecule has 0 amide bonds. The summed E-state index contributed by atoms with van der Waals surface area (Å²) < 4.78 is 7.13. The van der Waals surface area contributed by atoms with E-state index in [1.54, 1.807) is 6.20 Å². The van der Waals surface area contributed by atoms with E-state index in [-0.39, 0.29) is 11.8 Å². The highest BCUT2D eigenvalue weighted by Gasteiger charge is 2.37. The number of aromatic nitrogens is 2. The van der Waals surface area contributed by atoms with E-state index in [0.717, 1.165) is 30.6 Å². The molecule has 0 radical (unpaired) electrons. The van der Waals surface area contributed by atoms with Gasteiger partial charge in [-0.15, -0.1) is 11.3 Å². The van der Waals surface area contributed by atoms with E-state index < -0.39 is 5.97 Å². The van der Waals surface area contributed by atoms with Crippen molar-refractivity contribution in [3.05, 3.63) is 45.3 Å². The number of esters is 1. The third-order valence-electron chi connectivity index (χ3n) is 5.27. The predicted octanol–water partition coefficient (Wildman–Crippen LogP) is 3.06. The molecule has 1 aliphatic carbocycles. The number of ether oxygens (including phenoxy) is 1. The molecule has 4 heterocycles. The van der Waals surface area contributed by atoms with E-state index >= 15 is 0 Å². The highest BCUT2D eigenvalue weighted by atomic mass is 32.1.